The molecule has 2 aromatic carbocycles. The standard InChI is InChI=1S/C22H25NO3S/c1-3-4-5-6-9-18-16-22(24)20-10-7-8-11-21(20)23(18)27(25,26)19-14-12-17(2)13-15-19/h7-8,10-16H,3-6,9H2,1-2H3. The van der Waals surface area contributed by atoms with Crippen molar-refractivity contribution in [1.82, 2.24) is 3.97 Å². The molecule has 0 bridgehead atoms. The van der Waals surface area contributed by atoms with Crippen LogP contribution < -0.4 is 5.43 Å². The molecule has 27 heavy (non-hydrogen) atoms. The largest absolute Gasteiger partial charge is 0.289 e. The lowest BCUT2D eigenvalue weighted by molar-refractivity contribution is 0.584. The molecule has 0 unspecified atom stereocenters. The van der Waals surface area contributed by atoms with E-state index in [0.29, 0.717) is 23.0 Å². The first-order valence-electron chi connectivity index (χ1n) is 9.41. The summed E-state index contributed by atoms with van der Waals surface area (Å²) in [6, 6.07) is 15.2. The summed E-state index contributed by atoms with van der Waals surface area (Å²) < 4.78 is 28.2. The number of hydrogen-bond donors (Lipinski definition) is 0. The van der Waals surface area contributed by atoms with E-state index in [1.54, 1.807) is 48.5 Å². The van der Waals surface area contributed by atoms with Crippen molar-refractivity contribution in [3.05, 3.63) is 76.1 Å². The molecule has 0 atom stereocenters. The number of para-hydroxylation sites is 1. The molecule has 0 saturated carbocycles. The van der Waals surface area contributed by atoms with Crippen LogP contribution in [0.1, 0.15) is 43.9 Å². The molecule has 0 saturated heterocycles. The second kappa shape index (κ2) is 8.09. The minimum atomic E-state index is -3.79. The molecular formula is C22H25NO3S. The fourth-order valence-corrected chi connectivity index (χ4v) is 4.87. The minimum absolute atomic E-state index is 0.133. The molecule has 0 N–H and O–H groups in total. The molecular weight excluding hydrogens is 358 g/mol. The summed E-state index contributed by atoms with van der Waals surface area (Å²) >= 11 is 0. The summed E-state index contributed by atoms with van der Waals surface area (Å²) in [5, 5.41) is 0.422. The molecule has 142 valence electrons. The highest BCUT2D eigenvalue weighted by Crippen LogP contribution is 2.23. The van der Waals surface area contributed by atoms with Crippen LogP contribution in [0.25, 0.3) is 10.9 Å². The average molecular weight is 384 g/mol. The van der Waals surface area contributed by atoms with Crippen molar-refractivity contribution in [1.29, 1.82) is 0 Å². The molecule has 1 heterocycles. The van der Waals surface area contributed by atoms with Crippen LogP contribution in [-0.2, 0) is 16.4 Å². The monoisotopic (exact) mass is 383 g/mol. The van der Waals surface area contributed by atoms with Crippen LogP contribution in [0.2, 0.25) is 0 Å². The van der Waals surface area contributed by atoms with Gasteiger partial charge in [0.15, 0.2) is 5.43 Å². The van der Waals surface area contributed by atoms with Crippen molar-refractivity contribution < 1.29 is 8.42 Å². The molecule has 0 aliphatic rings. The van der Waals surface area contributed by atoms with Crippen molar-refractivity contribution in [2.24, 2.45) is 0 Å². The summed E-state index contributed by atoms with van der Waals surface area (Å²) in [6.45, 7) is 4.05. The van der Waals surface area contributed by atoms with Crippen molar-refractivity contribution in [3.8, 4) is 0 Å². The number of pyridine rings is 1. The van der Waals surface area contributed by atoms with Gasteiger partial charge in [0.25, 0.3) is 10.0 Å². The fraction of sp³-hybridized carbons (Fsp3) is 0.318. The van der Waals surface area contributed by atoms with Crippen LogP contribution in [0.4, 0.5) is 0 Å². The predicted molar refractivity (Wildman–Crippen MR) is 110 cm³/mol. The molecule has 0 radical (unpaired) electrons. The van der Waals surface area contributed by atoms with E-state index in [9.17, 15) is 13.2 Å². The zero-order chi connectivity index (χ0) is 19.4. The topological polar surface area (TPSA) is 56.1 Å². The average Bonchev–Trinajstić information content (AvgIpc) is 2.65. The Kier molecular flexibility index (Phi) is 5.80. The summed E-state index contributed by atoms with van der Waals surface area (Å²) in [6.07, 6.45) is 4.64. The second-order valence-corrected chi connectivity index (χ2v) is 8.70. The Balaban J connectivity index is 2.20. The van der Waals surface area contributed by atoms with E-state index in [-0.39, 0.29) is 10.3 Å². The van der Waals surface area contributed by atoms with Crippen molar-refractivity contribution in [2.75, 3.05) is 0 Å². The van der Waals surface area contributed by atoms with Gasteiger partial charge in [0.2, 0.25) is 0 Å². The van der Waals surface area contributed by atoms with Gasteiger partial charge in [0, 0.05) is 17.1 Å². The number of fused-ring (bicyclic) bond motifs is 1. The first kappa shape index (κ1) is 19.4. The second-order valence-electron chi connectivity index (χ2n) is 6.91. The number of hydrogen-bond acceptors (Lipinski definition) is 3. The molecule has 0 aliphatic heterocycles. The molecule has 0 fully saturated rings. The minimum Gasteiger partial charge on any atom is -0.289 e. The third kappa shape index (κ3) is 3.98. The Morgan fingerprint density at radius 1 is 0.926 bits per heavy atom. The van der Waals surface area contributed by atoms with Gasteiger partial charge < -0.3 is 0 Å². The zero-order valence-corrected chi connectivity index (χ0v) is 16.6. The van der Waals surface area contributed by atoms with Crippen LogP contribution >= 0.6 is 0 Å². The van der Waals surface area contributed by atoms with Crippen molar-refractivity contribution in [2.45, 2.75) is 50.8 Å². The summed E-state index contributed by atoms with van der Waals surface area (Å²) in [5.74, 6) is 0. The van der Waals surface area contributed by atoms with Gasteiger partial charge in [0.05, 0.1) is 10.4 Å². The van der Waals surface area contributed by atoms with Gasteiger partial charge in [-0.15, -0.1) is 0 Å². The molecule has 3 aromatic rings. The van der Waals surface area contributed by atoms with Crippen molar-refractivity contribution in [3.63, 3.8) is 0 Å². The Hall–Kier alpha value is -2.40. The Morgan fingerprint density at radius 2 is 1.63 bits per heavy atom. The Morgan fingerprint density at radius 3 is 2.33 bits per heavy atom. The number of nitrogens with zero attached hydrogens (tertiary/aromatic N) is 1. The quantitative estimate of drug-likeness (QED) is 0.557. The fourth-order valence-electron chi connectivity index (χ4n) is 3.31. The number of rotatable bonds is 7. The summed E-state index contributed by atoms with van der Waals surface area (Å²) in [7, 11) is -3.79. The molecule has 3 rings (SSSR count). The molecule has 4 nitrogen and oxygen atoms in total. The molecule has 0 spiro atoms. The van der Waals surface area contributed by atoms with E-state index in [0.717, 1.165) is 31.2 Å². The van der Waals surface area contributed by atoms with Crippen molar-refractivity contribution >= 4 is 20.9 Å². The van der Waals surface area contributed by atoms with Crippen LogP contribution in [0, 0.1) is 6.92 Å². The van der Waals surface area contributed by atoms with Gasteiger partial charge >= 0.3 is 0 Å². The Bertz CT molecular complexity index is 1100. The highest BCUT2D eigenvalue weighted by atomic mass is 32.2. The number of aryl methyl sites for hydroxylation is 2. The maximum absolute atomic E-state index is 13.4. The first-order valence-corrected chi connectivity index (χ1v) is 10.8. The van der Waals surface area contributed by atoms with Gasteiger partial charge in [-0.2, -0.15) is 0 Å². The smallest absolute Gasteiger partial charge is 0.268 e. The zero-order valence-electron chi connectivity index (χ0n) is 15.8. The number of unbranched alkanes of at least 4 members (excludes halogenated alkanes) is 3. The van der Waals surface area contributed by atoms with Gasteiger partial charge in [-0.3, -0.25) is 4.79 Å². The van der Waals surface area contributed by atoms with Gasteiger partial charge in [0.1, 0.15) is 0 Å². The number of aromatic nitrogens is 1. The lowest BCUT2D eigenvalue weighted by Crippen LogP contribution is -2.22. The molecule has 5 heteroatoms. The van der Waals surface area contributed by atoms with E-state index >= 15 is 0 Å². The van der Waals surface area contributed by atoms with E-state index in [1.807, 2.05) is 6.92 Å². The first-order chi connectivity index (χ1) is 12.9. The third-order valence-electron chi connectivity index (χ3n) is 4.79. The van der Waals surface area contributed by atoms with E-state index in [4.69, 9.17) is 0 Å². The Labute approximate surface area is 160 Å². The number of benzene rings is 2. The molecule has 0 amide bonds. The third-order valence-corrected chi connectivity index (χ3v) is 6.57. The van der Waals surface area contributed by atoms with E-state index in [1.165, 1.54) is 10.0 Å². The highest BCUT2D eigenvalue weighted by molar-refractivity contribution is 7.90. The summed E-state index contributed by atoms with van der Waals surface area (Å²) in [5.41, 5.74) is 1.86. The molecule has 1 aromatic heterocycles. The van der Waals surface area contributed by atoms with Gasteiger partial charge in [-0.05, 0) is 44.0 Å². The van der Waals surface area contributed by atoms with E-state index in [2.05, 4.69) is 6.92 Å². The maximum atomic E-state index is 13.4. The lowest BCUT2D eigenvalue weighted by Gasteiger charge is -2.17. The van der Waals surface area contributed by atoms with Crippen LogP contribution in [0.15, 0.2) is 64.3 Å². The van der Waals surface area contributed by atoms with Gasteiger partial charge in [-0.1, -0.05) is 56.0 Å². The van der Waals surface area contributed by atoms with Crippen LogP contribution in [-0.4, -0.2) is 12.4 Å². The van der Waals surface area contributed by atoms with Gasteiger partial charge in [-0.25, -0.2) is 12.4 Å². The van der Waals surface area contributed by atoms with E-state index < -0.39 is 10.0 Å². The lowest BCUT2D eigenvalue weighted by atomic mass is 10.1. The predicted octanol–water partition coefficient (Wildman–Crippen LogP) is 4.67. The molecule has 0 aliphatic carbocycles. The van der Waals surface area contributed by atoms with Crippen LogP contribution in [0.5, 0.6) is 0 Å². The highest BCUT2D eigenvalue weighted by Gasteiger charge is 2.22. The summed E-state index contributed by atoms with van der Waals surface area (Å²) in [4.78, 5) is 12.8. The normalized spacial score (nSPS) is 11.8. The van der Waals surface area contributed by atoms with Crippen LogP contribution in [0.3, 0.4) is 0 Å². The maximum Gasteiger partial charge on any atom is 0.268 e. The SMILES string of the molecule is CCCCCCc1cc(=O)c2ccccc2n1S(=O)(=O)c1ccc(C)cc1.